The molecular formula is C20H26FN3O3. The summed E-state index contributed by atoms with van der Waals surface area (Å²) in [4.78, 5) is 42.8. The van der Waals surface area contributed by atoms with Gasteiger partial charge in [0.25, 0.3) is 0 Å². The highest BCUT2D eigenvalue weighted by molar-refractivity contribution is 5.95. The van der Waals surface area contributed by atoms with Gasteiger partial charge in [-0.25, -0.2) is 4.39 Å². The molecule has 0 N–H and O–H groups in total. The van der Waals surface area contributed by atoms with E-state index in [2.05, 4.69) is 0 Å². The summed E-state index contributed by atoms with van der Waals surface area (Å²) in [6, 6.07) is 5.52. The topological polar surface area (TPSA) is 60.9 Å². The average Bonchev–Trinajstić information content (AvgIpc) is 2.82. The lowest BCUT2D eigenvalue weighted by Gasteiger charge is -2.39. The molecule has 1 aromatic rings. The fourth-order valence-corrected chi connectivity index (χ4v) is 3.81. The van der Waals surface area contributed by atoms with E-state index in [0.717, 1.165) is 0 Å². The molecule has 1 aromatic carbocycles. The Morgan fingerprint density at radius 1 is 1.22 bits per heavy atom. The van der Waals surface area contributed by atoms with Crippen molar-refractivity contribution in [2.75, 3.05) is 32.7 Å². The highest BCUT2D eigenvalue weighted by Gasteiger charge is 2.41. The lowest BCUT2D eigenvalue weighted by atomic mass is 10.1. The zero-order chi connectivity index (χ0) is 19.6. The van der Waals surface area contributed by atoms with Crippen LogP contribution in [0.2, 0.25) is 0 Å². The minimum absolute atomic E-state index is 0.0253. The van der Waals surface area contributed by atoms with Crippen LogP contribution >= 0.6 is 0 Å². The molecule has 0 aromatic heterocycles. The molecule has 0 spiro atoms. The highest BCUT2D eigenvalue weighted by atomic mass is 19.1. The van der Waals surface area contributed by atoms with E-state index < -0.39 is 6.04 Å². The summed E-state index contributed by atoms with van der Waals surface area (Å²) >= 11 is 0. The minimum Gasteiger partial charge on any atom is -0.341 e. The first-order valence-electron chi connectivity index (χ1n) is 9.45. The standard InChI is InChI=1S/C20H26FN3O3/c1-14(2)12-23-13-19(26)24-9-8-22(7-6-17(24)20(23)27)18(25)11-15-4-3-5-16(21)10-15/h3-5,10,14,17H,6-9,11-13H2,1-2H3. The summed E-state index contributed by atoms with van der Waals surface area (Å²) in [5, 5.41) is 0. The van der Waals surface area contributed by atoms with Gasteiger partial charge in [-0.1, -0.05) is 26.0 Å². The molecule has 0 radical (unpaired) electrons. The third-order valence-corrected chi connectivity index (χ3v) is 5.09. The van der Waals surface area contributed by atoms with Crippen LogP contribution in [0.3, 0.4) is 0 Å². The first-order valence-corrected chi connectivity index (χ1v) is 9.45. The van der Waals surface area contributed by atoms with Crippen molar-refractivity contribution in [3.8, 4) is 0 Å². The van der Waals surface area contributed by atoms with Crippen molar-refractivity contribution in [3.63, 3.8) is 0 Å². The molecule has 0 saturated carbocycles. The summed E-state index contributed by atoms with van der Waals surface area (Å²) in [5.41, 5.74) is 0.622. The Bertz CT molecular complexity index is 737. The Morgan fingerprint density at radius 3 is 2.70 bits per heavy atom. The monoisotopic (exact) mass is 375 g/mol. The normalized spacial score (nSPS) is 20.7. The number of hydrogen-bond acceptors (Lipinski definition) is 3. The van der Waals surface area contributed by atoms with Crippen LogP contribution in [0.15, 0.2) is 24.3 Å². The second kappa shape index (κ2) is 8.06. The zero-order valence-electron chi connectivity index (χ0n) is 15.9. The van der Waals surface area contributed by atoms with Gasteiger partial charge >= 0.3 is 0 Å². The molecule has 6 nitrogen and oxygen atoms in total. The van der Waals surface area contributed by atoms with Crippen LogP contribution in [0.25, 0.3) is 0 Å². The van der Waals surface area contributed by atoms with Crippen molar-refractivity contribution in [2.24, 2.45) is 5.92 Å². The van der Waals surface area contributed by atoms with Crippen LogP contribution in [-0.2, 0) is 20.8 Å². The predicted molar refractivity (Wildman–Crippen MR) is 98.2 cm³/mol. The molecule has 0 aliphatic carbocycles. The summed E-state index contributed by atoms with van der Waals surface area (Å²) in [6.07, 6.45) is 0.553. The summed E-state index contributed by atoms with van der Waals surface area (Å²) in [7, 11) is 0. The maximum absolute atomic E-state index is 13.3. The molecule has 7 heteroatoms. The van der Waals surface area contributed by atoms with E-state index in [9.17, 15) is 18.8 Å². The van der Waals surface area contributed by atoms with E-state index in [0.29, 0.717) is 44.1 Å². The van der Waals surface area contributed by atoms with Crippen LogP contribution < -0.4 is 0 Å². The molecule has 2 heterocycles. The number of fused-ring (bicyclic) bond motifs is 1. The second-order valence-corrected chi connectivity index (χ2v) is 7.69. The Labute approximate surface area is 158 Å². The summed E-state index contributed by atoms with van der Waals surface area (Å²) in [5.74, 6) is -0.264. The van der Waals surface area contributed by atoms with Gasteiger partial charge in [0.15, 0.2) is 0 Å². The molecule has 1 unspecified atom stereocenters. The van der Waals surface area contributed by atoms with E-state index in [1.54, 1.807) is 26.8 Å². The maximum Gasteiger partial charge on any atom is 0.245 e. The van der Waals surface area contributed by atoms with Crippen LogP contribution in [0.5, 0.6) is 0 Å². The van der Waals surface area contributed by atoms with Crippen molar-refractivity contribution in [1.29, 1.82) is 0 Å². The Morgan fingerprint density at radius 2 is 2.00 bits per heavy atom. The Balaban J connectivity index is 1.66. The molecule has 0 bridgehead atoms. The van der Waals surface area contributed by atoms with Gasteiger partial charge in [0, 0.05) is 26.2 Å². The molecule has 2 fully saturated rings. The SMILES string of the molecule is CC(C)CN1CC(=O)N2CCN(C(=O)Cc3cccc(F)c3)CCC2C1=O. The quantitative estimate of drug-likeness (QED) is 0.797. The fraction of sp³-hybridized carbons (Fsp3) is 0.550. The van der Waals surface area contributed by atoms with E-state index in [1.807, 2.05) is 13.8 Å². The summed E-state index contributed by atoms with van der Waals surface area (Å²) < 4.78 is 13.3. The first kappa shape index (κ1) is 19.3. The zero-order valence-corrected chi connectivity index (χ0v) is 15.9. The van der Waals surface area contributed by atoms with Crippen LogP contribution in [0, 0.1) is 11.7 Å². The van der Waals surface area contributed by atoms with Crippen molar-refractivity contribution in [2.45, 2.75) is 32.7 Å². The molecule has 3 rings (SSSR count). The molecular weight excluding hydrogens is 349 g/mol. The number of hydrogen-bond donors (Lipinski definition) is 0. The Kier molecular flexibility index (Phi) is 5.77. The van der Waals surface area contributed by atoms with E-state index in [4.69, 9.17) is 0 Å². The minimum atomic E-state index is -0.489. The van der Waals surface area contributed by atoms with Gasteiger partial charge in [0.2, 0.25) is 17.7 Å². The third kappa shape index (κ3) is 4.46. The van der Waals surface area contributed by atoms with E-state index in [1.165, 1.54) is 12.1 Å². The second-order valence-electron chi connectivity index (χ2n) is 7.69. The predicted octanol–water partition coefficient (Wildman–Crippen LogP) is 1.30. The van der Waals surface area contributed by atoms with Crippen molar-refractivity contribution in [3.05, 3.63) is 35.6 Å². The largest absolute Gasteiger partial charge is 0.341 e. The van der Waals surface area contributed by atoms with Gasteiger partial charge in [-0.2, -0.15) is 0 Å². The van der Waals surface area contributed by atoms with Crippen LogP contribution in [-0.4, -0.2) is 71.2 Å². The van der Waals surface area contributed by atoms with Crippen LogP contribution in [0.1, 0.15) is 25.8 Å². The van der Waals surface area contributed by atoms with Crippen molar-refractivity contribution >= 4 is 17.7 Å². The highest BCUT2D eigenvalue weighted by Crippen LogP contribution is 2.20. The van der Waals surface area contributed by atoms with Crippen LogP contribution in [0.4, 0.5) is 4.39 Å². The summed E-state index contributed by atoms with van der Waals surface area (Å²) in [6.45, 7) is 5.90. The number of nitrogens with zero attached hydrogens (tertiary/aromatic N) is 3. The van der Waals surface area contributed by atoms with E-state index >= 15 is 0 Å². The molecule has 2 aliphatic rings. The number of carbonyl (C=O) groups excluding carboxylic acids is 3. The molecule has 2 saturated heterocycles. The van der Waals surface area contributed by atoms with Gasteiger partial charge in [0.1, 0.15) is 11.9 Å². The fourth-order valence-electron chi connectivity index (χ4n) is 3.81. The van der Waals surface area contributed by atoms with Gasteiger partial charge < -0.3 is 14.7 Å². The number of amides is 3. The first-order chi connectivity index (χ1) is 12.8. The van der Waals surface area contributed by atoms with E-state index in [-0.39, 0.29) is 36.5 Å². The lowest BCUT2D eigenvalue weighted by Crippen LogP contribution is -2.60. The number of carbonyl (C=O) groups is 3. The van der Waals surface area contributed by atoms with Crippen molar-refractivity contribution < 1.29 is 18.8 Å². The lowest BCUT2D eigenvalue weighted by molar-refractivity contribution is -0.156. The van der Waals surface area contributed by atoms with Crippen molar-refractivity contribution in [1.82, 2.24) is 14.7 Å². The third-order valence-electron chi connectivity index (χ3n) is 5.09. The molecule has 27 heavy (non-hydrogen) atoms. The van der Waals surface area contributed by atoms with Gasteiger partial charge in [-0.15, -0.1) is 0 Å². The average molecular weight is 375 g/mol. The Hall–Kier alpha value is -2.44. The molecule has 2 aliphatic heterocycles. The molecule has 1 atom stereocenters. The number of rotatable bonds is 4. The maximum atomic E-state index is 13.3. The number of benzene rings is 1. The smallest absolute Gasteiger partial charge is 0.245 e. The molecule has 3 amide bonds. The number of piperazine rings is 1. The molecule has 146 valence electrons. The van der Waals surface area contributed by atoms with Gasteiger partial charge in [-0.05, 0) is 30.0 Å². The number of halogens is 1. The van der Waals surface area contributed by atoms with Gasteiger partial charge in [0.05, 0.1) is 13.0 Å². The van der Waals surface area contributed by atoms with Gasteiger partial charge in [-0.3, -0.25) is 14.4 Å².